The largest absolute Gasteiger partial charge is 0.471 e. The Morgan fingerprint density at radius 1 is 1.22 bits per heavy atom. The van der Waals surface area contributed by atoms with Crippen LogP contribution in [0.25, 0.3) is 0 Å². The maximum absolute atomic E-state index is 12.3. The molecule has 0 spiro atoms. The summed E-state index contributed by atoms with van der Waals surface area (Å²) in [5.41, 5.74) is 0. The summed E-state index contributed by atoms with van der Waals surface area (Å²) in [6, 6.07) is 0. The summed E-state index contributed by atoms with van der Waals surface area (Å²) in [6.45, 7) is -0.529. The van der Waals surface area contributed by atoms with E-state index in [1.54, 1.807) is 0 Å². The van der Waals surface area contributed by atoms with Gasteiger partial charge in [-0.1, -0.05) is 15.9 Å². The molecule has 9 heteroatoms. The van der Waals surface area contributed by atoms with Gasteiger partial charge in [0.05, 0.1) is 5.75 Å². The maximum atomic E-state index is 12.3. The Labute approximate surface area is 113 Å². The molecule has 0 aromatic rings. The number of hydrogen-bond acceptors (Lipinski definition) is 3. The van der Waals surface area contributed by atoms with E-state index in [-0.39, 0.29) is 6.54 Å². The summed E-state index contributed by atoms with van der Waals surface area (Å²) in [4.78, 5) is 11.6. The van der Waals surface area contributed by atoms with Crippen molar-refractivity contribution in [1.29, 1.82) is 0 Å². The minimum absolute atomic E-state index is 0.0978. The second kappa shape index (κ2) is 7.32. The van der Waals surface area contributed by atoms with Crippen molar-refractivity contribution in [1.82, 2.24) is 4.90 Å². The number of sulfone groups is 1. The van der Waals surface area contributed by atoms with Crippen LogP contribution in [0.1, 0.15) is 12.8 Å². The first-order valence-electron chi connectivity index (χ1n) is 5.17. The molecule has 0 aliphatic rings. The van der Waals surface area contributed by atoms with E-state index in [4.69, 9.17) is 0 Å². The van der Waals surface area contributed by atoms with Crippen LogP contribution in [0.5, 0.6) is 0 Å². The molecule has 0 aliphatic carbocycles. The van der Waals surface area contributed by atoms with Crippen LogP contribution in [-0.4, -0.2) is 55.8 Å². The third-order valence-corrected chi connectivity index (χ3v) is 3.56. The van der Waals surface area contributed by atoms with Gasteiger partial charge >= 0.3 is 12.1 Å². The molecule has 0 heterocycles. The van der Waals surface area contributed by atoms with Crippen LogP contribution in [0.4, 0.5) is 13.2 Å². The van der Waals surface area contributed by atoms with Crippen molar-refractivity contribution in [2.24, 2.45) is 0 Å². The summed E-state index contributed by atoms with van der Waals surface area (Å²) in [5.74, 6) is -2.45. The summed E-state index contributed by atoms with van der Waals surface area (Å²) >= 11 is 3.13. The minimum Gasteiger partial charge on any atom is -0.334 e. The van der Waals surface area contributed by atoms with Gasteiger partial charge in [-0.3, -0.25) is 4.79 Å². The maximum Gasteiger partial charge on any atom is 0.471 e. The van der Waals surface area contributed by atoms with Crippen LogP contribution in [0.15, 0.2) is 0 Å². The monoisotopic (exact) mass is 353 g/mol. The van der Waals surface area contributed by atoms with E-state index < -0.39 is 34.2 Å². The van der Waals surface area contributed by atoms with E-state index in [1.165, 1.54) is 0 Å². The Hall–Kier alpha value is -0.310. The SMILES string of the molecule is CS(=O)(=O)CCN(CCCCBr)C(=O)C(F)(F)F. The average Bonchev–Trinajstić information content (AvgIpc) is 2.19. The third-order valence-electron chi connectivity index (χ3n) is 2.07. The fourth-order valence-electron chi connectivity index (χ4n) is 1.17. The fraction of sp³-hybridized carbons (Fsp3) is 0.889. The van der Waals surface area contributed by atoms with Crippen LogP contribution in [0, 0.1) is 0 Å². The lowest BCUT2D eigenvalue weighted by Gasteiger charge is -2.23. The van der Waals surface area contributed by atoms with Crippen LogP contribution < -0.4 is 0 Å². The number of nitrogens with zero attached hydrogens (tertiary/aromatic N) is 1. The number of amides is 1. The number of unbranched alkanes of at least 4 members (excludes halogenated alkanes) is 1. The molecule has 4 nitrogen and oxygen atoms in total. The van der Waals surface area contributed by atoms with Gasteiger partial charge in [0.1, 0.15) is 9.84 Å². The Morgan fingerprint density at radius 3 is 2.17 bits per heavy atom. The minimum atomic E-state index is -4.97. The van der Waals surface area contributed by atoms with E-state index in [1.807, 2.05) is 0 Å². The van der Waals surface area contributed by atoms with Crippen molar-refractivity contribution in [3.63, 3.8) is 0 Å². The highest BCUT2D eigenvalue weighted by Crippen LogP contribution is 2.18. The predicted octanol–water partition coefficient (Wildman–Crippen LogP) is 1.60. The molecule has 0 N–H and O–H groups in total. The quantitative estimate of drug-likeness (QED) is 0.516. The number of carbonyl (C=O) groups excluding carboxylic acids is 1. The normalized spacial score (nSPS) is 12.5. The summed E-state index contributed by atoms with van der Waals surface area (Å²) in [6.07, 6.45) is -3.05. The highest BCUT2D eigenvalue weighted by Gasteiger charge is 2.42. The Morgan fingerprint density at radius 2 is 1.78 bits per heavy atom. The number of rotatable bonds is 7. The van der Waals surface area contributed by atoms with Gasteiger partial charge in [-0.15, -0.1) is 0 Å². The third kappa shape index (κ3) is 7.91. The number of carbonyl (C=O) groups is 1. The highest BCUT2D eigenvalue weighted by atomic mass is 79.9. The second-order valence-corrected chi connectivity index (χ2v) is 6.87. The standard InChI is InChI=1S/C9H15BrF3NO3S/c1-18(16,17)7-6-14(5-3-2-4-10)8(15)9(11,12)13/h2-7H2,1H3. The molecule has 0 saturated carbocycles. The molecule has 108 valence electrons. The predicted molar refractivity (Wildman–Crippen MR) is 65.4 cm³/mol. The van der Waals surface area contributed by atoms with Crippen LogP contribution in [-0.2, 0) is 14.6 Å². The second-order valence-electron chi connectivity index (χ2n) is 3.82. The molecular weight excluding hydrogens is 339 g/mol. The molecule has 0 aliphatic heterocycles. The van der Waals surface area contributed by atoms with Crippen LogP contribution in [0.3, 0.4) is 0 Å². The number of hydrogen-bond donors (Lipinski definition) is 0. The molecule has 0 aromatic carbocycles. The molecule has 0 atom stereocenters. The van der Waals surface area contributed by atoms with Crippen LogP contribution >= 0.6 is 15.9 Å². The Balaban J connectivity index is 4.57. The Bertz CT molecular complexity index is 370. The van der Waals surface area contributed by atoms with Gasteiger partial charge in [0.2, 0.25) is 0 Å². The van der Waals surface area contributed by atoms with Gasteiger partial charge in [-0.25, -0.2) is 8.42 Å². The summed E-state index contributed by atoms with van der Waals surface area (Å²) in [7, 11) is -3.40. The lowest BCUT2D eigenvalue weighted by molar-refractivity contribution is -0.185. The topological polar surface area (TPSA) is 54.5 Å². The number of alkyl halides is 4. The lowest BCUT2D eigenvalue weighted by Crippen LogP contribution is -2.43. The zero-order valence-electron chi connectivity index (χ0n) is 9.83. The molecule has 18 heavy (non-hydrogen) atoms. The zero-order valence-corrected chi connectivity index (χ0v) is 12.2. The molecule has 0 fully saturated rings. The van der Waals surface area contributed by atoms with Gasteiger partial charge in [0.15, 0.2) is 0 Å². The Kier molecular flexibility index (Phi) is 7.19. The fourth-order valence-corrected chi connectivity index (χ4v) is 2.12. The van der Waals surface area contributed by atoms with Gasteiger partial charge in [0.25, 0.3) is 0 Å². The summed E-state index contributed by atoms with van der Waals surface area (Å²) in [5, 5.41) is 0.618. The van der Waals surface area contributed by atoms with Crippen molar-refractivity contribution < 1.29 is 26.4 Å². The molecule has 1 amide bonds. The van der Waals surface area contributed by atoms with Crippen molar-refractivity contribution in [3.8, 4) is 0 Å². The average molecular weight is 354 g/mol. The first-order valence-corrected chi connectivity index (χ1v) is 8.36. The zero-order chi connectivity index (χ0) is 14.4. The van der Waals surface area contributed by atoms with Crippen LogP contribution in [0.2, 0.25) is 0 Å². The molecule has 0 aromatic heterocycles. The summed E-state index contributed by atoms with van der Waals surface area (Å²) < 4.78 is 58.7. The van der Waals surface area contributed by atoms with Gasteiger partial charge < -0.3 is 4.90 Å². The van der Waals surface area contributed by atoms with Gasteiger partial charge in [-0.2, -0.15) is 13.2 Å². The molecule has 0 saturated heterocycles. The molecular formula is C9H15BrF3NO3S. The van der Waals surface area contributed by atoms with Gasteiger partial charge in [-0.05, 0) is 12.8 Å². The molecule has 0 unspecified atom stereocenters. The van der Waals surface area contributed by atoms with E-state index in [0.717, 1.165) is 6.26 Å². The smallest absolute Gasteiger partial charge is 0.334 e. The first-order chi connectivity index (χ1) is 8.08. The number of halogens is 4. The van der Waals surface area contributed by atoms with E-state index >= 15 is 0 Å². The van der Waals surface area contributed by atoms with E-state index in [2.05, 4.69) is 15.9 Å². The van der Waals surface area contributed by atoms with E-state index in [9.17, 15) is 26.4 Å². The van der Waals surface area contributed by atoms with Gasteiger partial charge in [0, 0.05) is 24.7 Å². The molecule has 0 bridgehead atoms. The van der Waals surface area contributed by atoms with E-state index in [0.29, 0.717) is 23.1 Å². The first kappa shape index (κ1) is 17.7. The van der Waals surface area contributed by atoms with Crippen molar-refractivity contribution in [2.75, 3.05) is 30.4 Å². The van der Waals surface area contributed by atoms with Crippen molar-refractivity contribution in [3.05, 3.63) is 0 Å². The highest BCUT2D eigenvalue weighted by molar-refractivity contribution is 9.09. The molecule has 0 radical (unpaired) electrons. The molecule has 0 rings (SSSR count). The lowest BCUT2D eigenvalue weighted by atomic mass is 10.3. The van der Waals surface area contributed by atoms with Crippen molar-refractivity contribution in [2.45, 2.75) is 19.0 Å². The van der Waals surface area contributed by atoms with Crippen molar-refractivity contribution >= 4 is 31.7 Å².